The van der Waals surface area contributed by atoms with E-state index in [1.54, 1.807) is 6.07 Å². The topological polar surface area (TPSA) is 35.2 Å². The number of hydrogen-bond acceptors (Lipinski definition) is 2. The largest absolute Gasteiger partial charge is 0.457 e. The Bertz CT molecular complexity index is 535. The molecule has 18 heavy (non-hydrogen) atoms. The molecule has 0 heterocycles. The Balaban J connectivity index is 2.18. The van der Waals surface area contributed by atoms with Gasteiger partial charge in [0.2, 0.25) is 0 Å². The quantitative estimate of drug-likeness (QED) is 0.888. The summed E-state index contributed by atoms with van der Waals surface area (Å²) in [6.45, 7) is 3.74. The van der Waals surface area contributed by atoms with Crippen molar-refractivity contribution in [2.24, 2.45) is 5.73 Å². The molecule has 2 N–H and O–H groups in total. The van der Waals surface area contributed by atoms with Gasteiger partial charge < -0.3 is 10.5 Å². The van der Waals surface area contributed by atoms with Crippen LogP contribution < -0.4 is 10.5 Å². The fourth-order valence-electron chi connectivity index (χ4n) is 1.69. The summed E-state index contributed by atoms with van der Waals surface area (Å²) in [5, 5.41) is 0. The van der Waals surface area contributed by atoms with E-state index >= 15 is 0 Å². The van der Waals surface area contributed by atoms with Gasteiger partial charge in [-0.05, 0) is 55.3 Å². The standard InChI is InChI=1S/C15H16FNO/c1-10-9-13(16)5-8-15(10)18-14-6-3-12(4-7-14)11(2)17/h3-9,11H,17H2,1-2H3/t11-/m0/s1. The zero-order valence-electron chi connectivity index (χ0n) is 10.5. The molecule has 2 nitrogen and oxygen atoms in total. The lowest BCUT2D eigenvalue weighted by Gasteiger charge is -2.10. The number of ether oxygens (including phenoxy) is 1. The Hall–Kier alpha value is -1.87. The maximum atomic E-state index is 13.0. The summed E-state index contributed by atoms with van der Waals surface area (Å²) in [6.07, 6.45) is 0. The summed E-state index contributed by atoms with van der Waals surface area (Å²) in [5.41, 5.74) is 7.60. The van der Waals surface area contributed by atoms with Crippen molar-refractivity contribution in [3.05, 3.63) is 59.4 Å². The lowest BCUT2D eigenvalue weighted by Crippen LogP contribution is -2.04. The van der Waals surface area contributed by atoms with Crippen LogP contribution in [0, 0.1) is 12.7 Å². The van der Waals surface area contributed by atoms with Gasteiger partial charge in [-0.1, -0.05) is 12.1 Å². The first-order valence-corrected chi connectivity index (χ1v) is 5.86. The van der Waals surface area contributed by atoms with Crippen LogP contribution in [0.3, 0.4) is 0 Å². The minimum Gasteiger partial charge on any atom is -0.457 e. The summed E-state index contributed by atoms with van der Waals surface area (Å²) in [7, 11) is 0. The monoisotopic (exact) mass is 245 g/mol. The third-order valence-electron chi connectivity index (χ3n) is 2.77. The molecule has 0 bridgehead atoms. The molecule has 0 unspecified atom stereocenters. The van der Waals surface area contributed by atoms with Gasteiger partial charge in [-0.25, -0.2) is 4.39 Å². The summed E-state index contributed by atoms with van der Waals surface area (Å²) in [4.78, 5) is 0. The van der Waals surface area contributed by atoms with Crippen molar-refractivity contribution in [1.29, 1.82) is 0 Å². The number of aryl methyl sites for hydroxylation is 1. The molecule has 0 saturated heterocycles. The van der Waals surface area contributed by atoms with Crippen LogP contribution in [-0.2, 0) is 0 Å². The molecule has 2 rings (SSSR count). The van der Waals surface area contributed by atoms with Crippen LogP contribution in [0.2, 0.25) is 0 Å². The molecule has 0 spiro atoms. The van der Waals surface area contributed by atoms with Gasteiger partial charge >= 0.3 is 0 Å². The van der Waals surface area contributed by atoms with Crippen molar-refractivity contribution in [2.75, 3.05) is 0 Å². The Labute approximate surface area is 106 Å². The Morgan fingerprint density at radius 2 is 1.78 bits per heavy atom. The first kappa shape index (κ1) is 12.6. The summed E-state index contributed by atoms with van der Waals surface area (Å²) < 4.78 is 18.6. The highest BCUT2D eigenvalue weighted by Crippen LogP contribution is 2.26. The highest BCUT2D eigenvalue weighted by Gasteiger charge is 2.04. The average Bonchev–Trinajstić information content (AvgIpc) is 2.33. The van der Waals surface area contributed by atoms with E-state index < -0.39 is 0 Å². The van der Waals surface area contributed by atoms with E-state index in [1.165, 1.54) is 12.1 Å². The molecule has 3 heteroatoms. The van der Waals surface area contributed by atoms with Gasteiger partial charge in [0.25, 0.3) is 0 Å². The zero-order chi connectivity index (χ0) is 13.1. The second kappa shape index (κ2) is 5.19. The van der Waals surface area contributed by atoms with Crippen LogP contribution in [0.1, 0.15) is 24.1 Å². The van der Waals surface area contributed by atoms with E-state index in [4.69, 9.17) is 10.5 Å². The van der Waals surface area contributed by atoms with Crippen LogP contribution >= 0.6 is 0 Å². The molecule has 0 aliphatic heterocycles. The highest BCUT2D eigenvalue weighted by atomic mass is 19.1. The molecule has 0 radical (unpaired) electrons. The van der Waals surface area contributed by atoms with Crippen molar-refractivity contribution in [3.8, 4) is 11.5 Å². The molecule has 0 fully saturated rings. The summed E-state index contributed by atoms with van der Waals surface area (Å²) in [6, 6.07) is 12.1. The number of rotatable bonds is 3. The average molecular weight is 245 g/mol. The lowest BCUT2D eigenvalue weighted by molar-refractivity contribution is 0.476. The third kappa shape index (κ3) is 2.87. The van der Waals surface area contributed by atoms with E-state index in [9.17, 15) is 4.39 Å². The van der Waals surface area contributed by atoms with Crippen LogP contribution in [-0.4, -0.2) is 0 Å². The van der Waals surface area contributed by atoms with Crippen molar-refractivity contribution >= 4 is 0 Å². The first-order chi connectivity index (χ1) is 8.56. The molecule has 0 aliphatic rings. The third-order valence-corrected chi connectivity index (χ3v) is 2.77. The predicted molar refractivity (Wildman–Crippen MR) is 70.3 cm³/mol. The van der Waals surface area contributed by atoms with Crippen LogP contribution in [0.4, 0.5) is 4.39 Å². The fraction of sp³-hybridized carbons (Fsp3) is 0.200. The van der Waals surface area contributed by atoms with E-state index in [1.807, 2.05) is 38.1 Å². The molecule has 2 aromatic carbocycles. The number of benzene rings is 2. The Morgan fingerprint density at radius 1 is 1.11 bits per heavy atom. The van der Waals surface area contributed by atoms with Gasteiger partial charge in [0.15, 0.2) is 0 Å². The smallest absolute Gasteiger partial charge is 0.130 e. The maximum Gasteiger partial charge on any atom is 0.130 e. The maximum absolute atomic E-state index is 13.0. The van der Waals surface area contributed by atoms with E-state index in [2.05, 4.69) is 0 Å². The normalized spacial score (nSPS) is 12.2. The molecule has 0 amide bonds. The molecule has 2 aromatic rings. The van der Waals surface area contributed by atoms with Gasteiger partial charge in [-0.3, -0.25) is 0 Å². The molecule has 0 aliphatic carbocycles. The van der Waals surface area contributed by atoms with E-state index in [-0.39, 0.29) is 11.9 Å². The van der Waals surface area contributed by atoms with Crippen LogP contribution in [0.25, 0.3) is 0 Å². The number of halogens is 1. The lowest BCUT2D eigenvalue weighted by atomic mass is 10.1. The molecule has 1 atom stereocenters. The van der Waals surface area contributed by atoms with Gasteiger partial charge in [0, 0.05) is 6.04 Å². The minimum atomic E-state index is -0.257. The summed E-state index contributed by atoms with van der Waals surface area (Å²) >= 11 is 0. The zero-order valence-corrected chi connectivity index (χ0v) is 10.5. The summed E-state index contributed by atoms with van der Waals surface area (Å²) in [5.74, 6) is 1.12. The Morgan fingerprint density at radius 3 is 2.33 bits per heavy atom. The van der Waals surface area contributed by atoms with Gasteiger partial charge in [0.1, 0.15) is 17.3 Å². The second-order valence-corrected chi connectivity index (χ2v) is 4.37. The molecule has 94 valence electrons. The molecule has 0 aromatic heterocycles. The molecular weight excluding hydrogens is 229 g/mol. The van der Waals surface area contributed by atoms with Crippen LogP contribution in [0.15, 0.2) is 42.5 Å². The van der Waals surface area contributed by atoms with Crippen molar-refractivity contribution in [3.63, 3.8) is 0 Å². The predicted octanol–water partition coefficient (Wildman–Crippen LogP) is 3.95. The van der Waals surface area contributed by atoms with Gasteiger partial charge in [0.05, 0.1) is 0 Å². The fourth-order valence-corrected chi connectivity index (χ4v) is 1.69. The number of hydrogen-bond donors (Lipinski definition) is 1. The van der Waals surface area contributed by atoms with E-state index in [0.29, 0.717) is 11.5 Å². The molecular formula is C15H16FNO. The van der Waals surface area contributed by atoms with Crippen molar-refractivity contribution < 1.29 is 9.13 Å². The van der Waals surface area contributed by atoms with Gasteiger partial charge in [-0.2, -0.15) is 0 Å². The van der Waals surface area contributed by atoms with Gasteiger partial charge in [-0.15, -0.1) is 0 Å². The minimum absolute atomic E-state index is 0.00612. The first-order valence-electron chi connectivity index (χ1n) is 5.86. The SMILES string of the molecule is Cc1cc(F)ccc1Oc1ccc([C@H](C)N)cc1. The number of nitrogens with two attached hydrogens (primary N) is 1. The van der Waals surface area contributed by atoms with Crippen molar-refractivity contribution in [1.82, 2.24) is 0 Å². The van der Waals surface area contributed by atoms with Crippen molar-refractivity contribution in [2.45, 2.75) is 19.9 Å². The Kier molecular flexibility index (Phi) is 3.63. The highest BCUT2D eigenvalue weighted by molar-refractivity contribution is 5.38. The van der Waals surface area contributed by atoms with E-state index in [0.717, 1.165) is 11.1 Å². The second-order valence-electron chi connectivity index (χ2n) is 4.37. The molecule has 0 saturated carbocycles. The van der Waals surface area contributed by atoms with Crippen LogP contribution in [0.5, 0.6) is 11.5 Å².